The van der Waals surface area contributed by atoms with Crippen molar-refractivity contribution in [3.8, 4) is 17.6 Å². The van der Waals surface area contributed by atoms with E-state index in [9.17, 15) is 4.79 Å². The molecule has 0 unspecified atom stereocenters. The highest BCUT2D eigenvalue weighted by Crippen LogP contribution is 2.37. The molecule has 6 heteroatoms. The van der Waals surface area contributed by atoms with Crippen LogP contribution in [0, 0.1) is 11.3 Å². The van der Waals surface area contributed by atoms with Crippen LogP contribution in [0.5, 0.6) is 11.5 Å². The predicted octanol–water partition coefficient (Wildman–Crippen LogP) is 3.50. The van der Waals surface area contributed by atoms with Crippen molar-refractivity contribution in [3.05, 3.63) is 53.6 Å². The number of anilines is 1. The lowest BCUT2D eigenvalue weighted by atomic mass is 10.0. The molecule has 0 saturated carbocycles. The Morgan fingerprint density at radius 2 is 1.89 bits per heavy atom. The first kappa shape index (κ1) is 18.3. The first-order valence-corrected chi connectivity index (χ1v) is 9.66. The summed E-state index contributed by atoms with van der Waals surface area (Å²) in [6.07, 6.45) is 2.96. The molecule has 0 aliphatic carbocycles. The number of hydrogen-bond acceptors (Lipinski definition) is 5. The van der Waals surface area contributed by atoms with E-state index in [2.05, 4.69) is 28.4 Å². The molecule has 1 N–H and O–H groups in total. The zero-order chi connectivity index (χ0) is 19.3. The number of fused-ring (bicyclic) bond motifs is 1. The second kappa shape index (κ2) is 8.32. The van der Waals surface area contributed by atoms with Gasteiger partial charge in [0.15, 0.2) is 11.5 Å². The van der Waals surface area contributed by atoms with Crippen LogP contribution in [0.3, 0.4) is 0 Å². The van der Waals surface area contributed by atoms with Gasteiger partial charge in [0.2, 0.25) is 5.91 Å². The molecule has 2 aliphatic heterocycles. The summed E-state index contributed by atoms with van der Waals surface area (Å²) < 4.78 is 11.5. The van der Waals surface area contributed by atoms with Crippen molar-refractivity contribution in [2.45, 2.75) is 25.3 Å². The number of likely N-dealkylation sites (tertiary alicyclic amines) is 1. The molecule has 2 aliphatic rings. The van der Waals surface area contributed by atoms with Gasteiger partial charge < -0.3 is 14.8 Å². The zero-order valence-electron chi connectivity index (χ0n) is 15.7. The van der Waals surface area contributed by atoms with E-state index in [0.29, 0.717) is 31.0 Å². The van der Waals surface area contributed by atoms with Crippen LogP contribution >= 0.6 is 0 Å². The number of nitrogens with zero attached hydrogens (tertiary/aromatic N) is 2. The van der Waals surface area contributed by atoms with Crippen molar-refractivity contribution in [1.29, 1.82) is 5.26 Å². The molecule has 0 radical (unpaired) electrons. The van der Waals surface area contributed by atoms with Crippen molar-refractivity contribution >= 4 is 11.6 Å². The van der Waals surface area contributed by atoms with E-state index in [0.717, 1.165) is 42.9 Å². The number of hydrogen-bond donors (Lipinski definition) is 1. The maximum absolute atomic E-state index is 12.5. The number of nitrogens with one attached hydrogen (secondary N) is 1. The number of nitriles is 1. The Balaban J connectivity index is 1.42. The largest absolute Gasteiger partial charge is 0.490 e. The Hall–Kier alpha value is -3.04. The fraction of sp³-hybridized carbons (Fsp3) is 0.364. The molecule has 0 aromatic heterocycles. The fourth-order valence-electron chi connectivity index (χ4n) is 3.79. The quantitative estimate of drug-likeness (QED) is 0.883. The molecule has 1 atom stereocenters. The van der Waals surface area contributed by atoms with E-state index < -0.39 is 0 Å². The van der Waals surface area contributed by atoms with Crippen molar-refractivity contribution in [3.63, 3.8) is 0 Å². The number of amides is 1. The normalized spacial score (nSPS) is 18.9. The van der Waals surface area contributed by atoms with Gasteiger partial charge in [-0.3, -0.25) is 9.69 Å². The Kier molecular flexibility index (Phi) is 5.45. The van der Waals surface area contributed by atoms with Crippen molar-refractivity contribution < 1.29 is 14.3 Å². The molecule has 2 heterocycles. The minimum Gasteiger partial charge on any atom is -0.490 e. The highest BCUT2D eigenvalue weighted by molar-refractivity contribution is 5.92. The molecule has 1 saturated heterocycles. The van der Waals surface area contributed by atoms with Crippen LogP contribution in [0.2, 0.25) is 0 Å². The van der Waals surface area contributed by atoms with Crippen molar-refractivity contribution in [2.24, 2.45) is 0 Å². The third kappa shape index (κ3) is 4.10. The van der Waals surface area contributed by atoms with Crippen LogP contribution in [0.15, 0.2) is 42.5 Å². The van der Waals surface area contributed by atoms with E-state index in [-0.39, 0.29) is 11.9 Å². The number of ether oxygens (including phenoxy) is 2. The summed E-state index contributed by atoms with van der Waals surface area (Å²) in [5.74, 6) is 1.54. The molecule has 144 valence electrons. The Labute approximate surface area is 164 Å². The molecule has 0 bridgehead atoms. The van der Waals surface area contributed by atoms with Gasteiger partial charge in [-0.2, -0.15) is 5.26 Å². The van der Waals surface area contributed by atoms with Crippen LogP contribution in [-0.2, 0) is 4.79 Å². The Morgan fingerprint density at radius 1 is 1.11 bits per heavy atom. The third-order valence-electron chi connectivity index (χ3n) is 5.16. The van der Waals surface area contributed by atoms with E-state index in [4.69, 9.17) is 14.7 Å². The molecule has 4 rings (SSSR count). The van der Waals surface area contributed by atoms with E-state index in [1.165, 1.54) is 0 Å². The van der Waals surface area contributed by atoms with Crippen molar-refractivity contribution in [2.75, 3.05) is 31.6 Å². The smallest absolute Gasteiger partial charge is 0.238 e. The molecule has 0 spiro atoms. The first-order valence-electron chi connectivity index (χ1n) is 9.66. The average molecular weight is 377 g/mol. The second-order valence-electron chi connectivity index (χ2n) is 7.12. The van der Waals surface area contributed by atoms with Gasteiger partial charge in [0.05, 0.1) is 31.4 Å². The standard InChI is InChI=1S/C22H23N3O3/c23-14-16-4-7-18(8-5-16)24-22(26)15-25-10-1-3-19(25)17-6-9-20-21(13-17)28-12-2-11-27-20/h4-9,13,19H,1-3,10-12,15H2,(H,24,26)/t19-/m0/s1. The van der Waals surface area contributed by atoms with Crippen LogP contribution in [0.4, 0.5) is 5.69 Å². The summed E-state index contributed by atoms with van der Waals surface area (Å²) in [6, 6.07) is 15.3. The third-order valence-corrected chi connectivity index (χ3v) is 5.16. The van der Waals surface area contributed by atoms with Gasteiger partial charge in [-0.05, 0) is 61.3 Å². The molecule has 1 amide bonds. The van der Waals surface area contributed by atoms with Crippen molar-refractivity contribution in [1.82, 2.24) is 4.90 Å². The Bertz CT molecular complexity index is 889. The van der Waals surface area contributed by atoms with E-state index in [1.807, 2.05) is 6.07 Å². The predicted molar refractivity (Wildman–Crippen MR) is 105 cm³/mol. The number of carbonyl (C=O) groups is 1. The van der Waals surface area contributed by atoms with Gasteiger partial charge in [-0.15, -0.1) is 0 Å². The molecule has 2 aromatic rings. The molecule has 2 aromatic carbocycles. The highest BCUT2D eigenvalue weighted by atomic mass is 16.5. The lowest BCUT2D eigenvalue weighted by Gasteiger charge is -2.25. The lowest BCUT2D eigenvalue weighted by Crippen LogP contribution is -2.32. The lowest BCUT2D eigenvalue weighted by molar-refractivity contribution is -0.117. The maximum Gasteiger partial charge on any atom is 0.238 e. The SMILES string of the molecule is N#Cc1ccc(NC(=O)CN2CCC[C@H]2c2ccc3c(c2)OCCCO3)cc1. The maximum atomic E-state index is 12.5. The monoisotopic (exact) mass is 377 g/mol. The van der Waals surface area contributed by atoms with Crippen LogP contribution in [0.1, 0.15) is 36.4 Å². The average Bonchev–Trinajstić information content (AvgIpc) is 3.03. The van der Waals surface area contributed by atoms with Gasteiger partial charge in [0.25, 0.3) is 0 Å². The molecular weight excluding hydrogens is 354 g/mol. The van der Waals surface area contributed by atoms with Gasteiger partial charge in [0.1, 0.15) is 0 Å². The fourth-order valence-corrected chi connectivity index (χ4v) is 3.79. The number of benzene rings is 2. The summed E-state index contributed by atoms with van der Waals surface area (Å²) in [6.45, 7) is 2.56. The molecule has 6 nitrogen and oxygen atoms in total. The van der Waals surface area contributed by atoms with Gasteiger partial charge in [0, 0.05) is 18.2 Å². The Morgan fingerprint density at radius 3 is 2.68 bits per heavy atom. The van der Waals surface area contributed by atoms with Crippen LogP contribution in [0.25, 0.3) is 0 Å². The van der Waals surface area contributed by atoms with Gasteiger partial charge >= 0.3 is 0 Å². The summed E-state index contributed by atoms with van der Waals surface area (Å²) in [7, 11) is 0. The minimum absolute atomic E-state index is 0.0500. The van der Waals surface area contributed by atoms with Gasteiger partial charge in [-0.25, -0.2) is 0 Å². The molecule has 1 fully saturated rings. The zero-order valence-corrected chi connectivity index (χ0v) is 15.7. The summed E-state index contributed by atoms with van der Waals surface area (Å²) in [4.78, 5) is 14.7. The van der Waals surface area contributed by atoms with Crippen LogP contribution in [-0.4, -0.2) is 37.1 Å². The minimum atomic E-state index is -0.0500. The van der Waals surface area contributed by atoms with E-state index >= 15 is 0 Å². The number of rotatable bonds is 4. The molecule has 28 heavy (non-hydrogen) atoms. The van der Waals surface area contributed by atoms with E-state index in [1.54, 1.807) is 24.3 Å². The van der Waals surface area contributed by atoms with Gasteiger partial charge in [-0.1, -0.05) is 6.07 Å². The first-order chi connectivity index (χ1) is 13.7. The topological polar surface area (TPSA) is 74.6 Å². The summed E-state index contributed by atoms with van der Waals surface area (Å²) in [5, 5.41) is 11.8. The summed E-state index contributed by atoms with van der Waals surface area (Å²) >= 11 is 0. The second-order valence-corrected chi connectivity index (χ2v) is 7.12. The van der Waals surface area contributed by atoms with Crippen LogP contribution < -0.4 is 14.8 Å². The summed E-state index contributed by atoms with van der Waals surface area (Å²) in [5.41, 5.74) is 2.44. The number of carbonyl (C=O) groups excluding carboxylic acids is 1. The molecular formula is C22H23N3O3. The highest BCUT2D eigenvalue weighted by Gasteiger charge is 2.28.